The molecule has 6 nitrogen and oxygen atoms in total. The van der Waals surface area contributed by atoms with Crippen LogP contribution in [-0.4, -0.2) is 46.5 Å². The number of hydrogen-bond donors (Lipinski definition) is 1. The van der Waals surface area contributed by atoms with E-state index in [2.05, 4.69) is 36.2 Å². The molecule has 142 valence electrons. The summed E-state index contributed by atoms with van der Waals surface area (Å²) >= 11 is 0. The Balaban J connectivity index is 1.33. The van der Waals surface area contributed by atoms with Crippen molar-refractivity contribution < 1.29 is 19.5 Å². The number of carbonyl (C=O) groups excluding carboxylic acids is 3. The number of aliphatic imine (C=N–C) groups is 1. The highest BCUT2D eigenvalue weighted by Crippen LogP contribution is 2.32. The molecule has 1 aromatic rings. The molecule has 0 saturated carbocycles. The van der Waals surface area contributed by atoms with Gasteiger partial charge in [0.1, 0.15) is 11.3 Å². The fourth-order valence-corrected chi connectivity index (χ4v) is 3.07. The molecule has 2 atom stereocenters. The first-order chi connectivity index (χ1) is 12.9. The Labute approximate surface area is 158 Å². The second-order valence-corrected chi connectivity index (χ2v) is 7.28. The molecule has 6 heteroatoms. The normalized spacial score (nSPS) is 21.8. The number of Topliss-reactive ketones (excluding diaryl/α,β-unsaturated/α-hetero) is 1. The van der Waals surface area contributed by atoms with Crippen LogP contribution in [0.25, 0.3) is 0 Å². The van der Waals surface area contributed by atoms with Gasteiger partial charge in [0.25, 0.3) is 11.8 Å². The van der Waals surface area contributed by atoms with Gasteiger partial charge in [0.2, 0.25) is 0 Å². The van der Waals surface area contributed by atoms with Gasteiger partial charge in [-0.15, -0.1) is 0 Å². The monoisotopic (exact) mass is 368 g/mol. The van der Waals surface area contributed by atoms with Crippen LogP contribution in [0.2, 0.25) is 0 Å². The van der Waals surface area contributed by atoms with Crippen molar-refractivity contribution in [2.45, 2.75) is 50.7 Å². The van der Waals surface area contributed by atoms with Gasteiger partial charge in [-0.05, 0) is 37.3 Å². The number of benzene rings is 1. The van der Waals surface area contributed by atoms with E-state index in [-0.39, 0.29) is 42.5 Å². The molecule has 0 saturated heterocycles. The van der Waals surface area contributed by atoms with Crippen molar-refractivity contribution in [1.29, 1.82) is 0 Å². The van der Waals surface area contributed by atoms with E-state index in [0.717, 1.165) is 16.9 Å². The first-order valence-electron chi connectivity index (χ1n) is 9.26. The van der Waals surface area contributed by atoms with Gasteiger partial charge in [0, 0.05) is 37.8 Å². The van der Waals surface area contributed by atoms with E-state index in [1.54, 1.807) is 0 Å². The summed E-state index contributed by atoms with van der Waals surface area (Å²) in [6, 6.07) is 8.23. The van der Waals surface area contributed by atoms with Crippen molar-refractivity contribution in [3.05, 3.63) is 47.5 Å². The molecule has 3 rings (SSSR count). The molecule has 0 fully saturated rings. The zero-order valence-electron chi connectivity index (χ0n) is 15.4. The Morgan fingerprint density at radius 3 is 2.33 bits per heavy atom. The summed E-state index contributed by atoms with van der Waals surface area (Å²) in [5.41, 5.74) is 2.19. The molecule has 0 aliphatic carbocycles. The van der Waals surface area contributed by atoms with Crippen molar-refractivity contribution in [2.24, 2.45) is 4.99 Å². The maximum absolute atomic E-state index is 11.9. The maximum atomic E-state index is 11.9. The predicted molar refractivity (Wildman–Crippen MR) is 101 cm³/mol. The third-order valence-corrected chi connectivity index (χ3v) is 5.09. The molecule has 2 heterocycles. The molecule has 1 N–H and O–H groups in total. The molecule has 2 unspecified atom stereocenters. The van der Waals surface area contributed by atoms with Gasteiger partial charge in [0.05, 0.1) is 6.10 Å². The van der Waals surface area contributed by atoms with Crippen LogP contribution in [0.4, 0.5) is 0 Å². The fraction of sp³-hybridized carbons (Fsp3) is 0.429. The van der Waals surface area contributed by atoms with Gasteiger partial charge >= 0.3 is 0 Å². The van der Waals surface area contributed by atoms with Crippen LogP contribution in [0.3, 0.4) is 0 Å². The highest BCUT2D eigenvalue weighted by atomic mass is 16.3. The molecular weight excluding hydrogens is 344 g/mol. The second-order valence-electron chi connectivity index (χ2n) is 7.28. The zero-order chi connectivity index (χ0) is 19.4. The second kappa shape index (κ2) is 7.96. The van der Waals surface area contributed by atoms with Crippen molar-refractivity contribution in [3.8, 4) is 0 Å². The number of aliphatic hydroxyl groups is 1. The third-order valence-electron chi connectivity index (χ3n) is 5.09. The zero-order valence-corrected chi connectivity index (χ0v) is 15.4. The fourth-order valence-electron chi connectivity index (χ4n) is 3.07. The van der Waals surface area contributed by atoms with Crippen LogP contribution in [-0.2, 0) is 26.3 Å². The van der Waals surface area contributed by atoms with Crippen molar-refractivity contribution in [3.63, 3.8) is 0 Å². The topological polar surface area (TPSA) is 87.0 Å². The van der Waals surface area contributed by atoms with Crippen molar-refractivity contribution in [2.75, 3.05) is 6.54 Å². The summed E-state index contributed by atoms with van der Waals surface area (Å²) in [6.07, 6.45) is 5.91. The Morgan fingerprint density at radius 2 is 1.74 bits per heavy atom. The van der Waals surface area contributed by atoms with Gasteiger partial charge in [-0.2, -0.15) is 0 Å². The van der Waals surface area contributed by atoms with Crippen molar-refractivity contribution in [1.82, 2.24) is 4.90 Å². The first kappa shape index (κ1) is 19.2. The molecule has 2 amide bonds. The number of imide groups is 1. The van der Waals surface area contributed by atoms with Crippen LogP contribution >= 0.6 is 0 Å². The lowest BCUT2D eigenvalue weighted by Gasteiger charge is -2.14. The average Bonchev–Trinajstić information content (AvgIpc) is 3.33. The first-order valence-corrected chi connectivity index (χ1v) is 9.26. The van der Waals surface area contributed by atoms with Crippen molar-refractivity contribution >= 4 is 23.8 Å². The average molecular weight is 368 g/mol. The Morgan fingerprint density at radius 1 is 1.11 bits per heavy atom. The number of rotatable bonds is 10. The number of nitrogens with zero attached hydrogens (tertiary/aromatic N) is 2. The van der Waals surface area contributed by atoms with Crippen LogP contribution in [0.15, 0.2) is 41.4 Å². The van der Waals surface area contributed by atoms with E-state index < -0.39 is 6.10 Å². The Bertz CT molecular complexity index is 771. The van der Waals surface area contributed by atoms with E-state index in [0.29, 0.717) is 12.8 Å². The number of aryl methyl sites for hydroxylation is 1. The summed E-state index contributed by atoms with van der Waals surface area (Å²) < 4.78 is 0. The van der Waals surface area contributed by atoms with E-state index in [9.17, 15) is 19.5 Å². The molecular formula is C21H24N2O4. The molecule has 0 spiro atoms. The minimum Gasteiger partial charge on any atom is -0.393 e. The number of hydrogen-bond acceptors (Lipinski definition) is 5. The molecule has 0 aromatic heterocycles. The van der Waals surface area contributed by atoms with E-state index in [1.165, 1.54) is 17.7 Å². The number of amides is 2. The molecule has 2 aliphatic heterocycles. The smallest absolute Gasteiger partial charge is 0.253 e. The van der Waals surface area contributed by atoms with Gasteiger partial charge in [-0.1, -0.05) is 24.3 Å². The quantitative estimate of drug-likeness (QED) is 0.640. The van der Waals surface area contributed by atoms with Crippen LogP contribution in [0, 0.1) is 0 Å². The lowest BCUT2D eigenvalue weighted by atomic mass is 9.96. The molecule has 27 heavy (non-hydrogen) atoms. The SMILES string of the molecule is CC1(c2ccc(CCC(O)CCC(=O)CCN3C(=O)C=CC3=O)cc2)C=N1. The van der Waals surface area contributed by atoms with Gasteiger partial charge in [-0.25, -0.2) is 0 Å². The summed E-state index contributed by atoms with van der Waals surface area (Å²) in [5.74, 6) is -0.800. The number of aliphatic hydroxyl groups excluding tert-OH is 1. The van der Waals surface area contributed by atoms with Crippen LogP contribution in [0.5, 0.6) is 0 Å². The summed E-state index contributed by atoms with van der Waals surface area (Å²) in [6.45, 7) is 2.17. The van der Waals surface area contributed by atoms with Crippen LogP contribution in [0.1, 0.15) is 43.7 Å². The Kier molecular flexibility index (Phi) is 5.65. The molecule has 0 bridgehead atoms. The predicted octanol–water partition coefficient (Wildman–Crippen LogP) is 1.94. The lowest BCUT2D eigenvalue weighted by molar-refractivity contribution is -0.137. The summed E-state index contributed by atoms with van der Waals surface area (Å²) in [5, 5.41) is 10.1. The van der Waals surface area contributed by atoms with E-state index >= 15 is 0 Å². The minimum absolute atomic E-state index is 0.0522. The summed E-state index contributed by atoms with van der Waals surface area (Å²) in [7, 11) is 0. The molecule has 2 aliphatic rings. The highest BCUT2D eigenvalue weighted by Gasteiger charge is 2.32. The van der Waals surface area contributed by atoms with E-state index in [4.69, 9.17) is 0 Å². The minimum atomic E-state index is -0.547. The maximum Gasteiger partial charge on any atom is 0.253 e. The largest absolute Gasteiger partial charge is 0.393 e. The van der Waals surface area contributed by atoms with Gasteiger partial charge in [0.15, 0.2) is 0 Å². The van der Waals surface area contributed by atoms with Crippen LogP contribution < -0.4 is 0 Å². The highest BCUT2D eigenvalue weighted by molar-refractivity contribution is 6.13. The molecule has 1 aromatic carbocycles. The molecule has 0 radical (unpaired) electrons. The number of carbonyl (C=O) groups is 3. The standard InChI is InChI=1S/C21H24N2O4/c1-21(14-22-21)16-5-2-15(3-6-16)4-7-17(24)8-9-18(25)12-13-23-19(26)10-11-20(23)27/h2-3,5-6,10-11,14,17,24H,4,7-9,12-13H2,1H3. The Hall–Kier alpha value is -2.60. The van der Waals surface area contributed by atoms with Gasteiger partial charge < -0.3 is 5.11 Å². The lowest BCUT2D eigenvalue weighted by Crippen LogP contribution is -2.32. The number of ketones is 1. The summed E-state index contributed by atoms with van der Waals surface area (Å²) in [4.78, 5) is 40.1. The van der Waals surface area contributed by atoms with Gasteiger partial charge in [-0.3, -0.25) is 24.3 Å². The third kappa shape index (κ3) is 4.98. The van der Waals surface area contributed by atoms with E-state index in [1.807, 2.05) is 6.21 Å².